The smallest absolute Gasteiger partial charge is 0.171 e. The molecule has 3 rings (SSSR count). The third-order valence-corrected chi connectivity index (χ3v) is 3.00. The lowest BCUT2D eigenvalue weighted by atomic mass is 10.1. The molecule has 0 bridgehead atoms. The van der Waals surface area contributed by atoms with Crippen LogP contribution >= 0.6 is 0 Å². The van der Waals surface area contributed by atoms with Crippen molar-refractivity contribution in [3.8, 4) is 17.0 Å². The lowest BCUT2D eigenvalue weighted by Crippen LogP contribution is -1.82. The van der Waals surface area contributed by atoms with Gasteiger partial charge in [-0.25, -0.2) is 0 Å². The Balaban J connectivity index is 2.15. The maximum atomic E-state index is 5.35. The fourth-order valence-electron chi connectivity index (χ4n) is 1.96. The van der Waals surface area contributed by atoms with Gasteiger partial charge in [-0.15, -0.1) is 0 Å². The van der Waals surface area contributed by atoms with Crippen LogP contribution in [0.25, 0.3) is 22.2 Å². The molecule has 3 heteroatoms. The molecule has 90 valence electrons. The first-order valence-electron chi connectivity index (χ1n) is 5.78. The Labute approximate surface area is 105 Å². The quantitative estimate of drug-likeness (QED) is 0.682. The number of aryl methyl sites for hydroxylation is 1. The van der Waals surface area contributed by atoms with E-state index in [0.29, 0.717) is 0 Å². The molecule has 0 spiro atoms. The van der Waals surface area contributed by atoms with Crippen molar-refractivity contribution in [3.05, 3.63) is 48.0 Å². The molecule has 3 aromatic rings. The molecular formula is C15H13NO2. The van der Waals surface area contributed by atoms with Gasteiger partial charge in [-0.3, -0.25) is 0 Å². The van der Waals surface area contributed by atoms with E-state index in [4.69, 9.17) is 9.26 Å². The van der Waals surface area contributed by atoms with E-state index < -0.39 is 0 Å². The van der Waals surface area contributed by atoms with Crippen LogP contribution in [-0.4, -0.2) is 12.3 Å². The Kier molecular flexibility index (Phi) is 2.52. The lowest BCUT2D eigenvalue weighted by Gasteiger charge is -1.99. The van der Waals surface area contributed by atoms with Gasteiger partial charge in [-0.1, -0.05) is 35.0 Å². The van der Waals surface area contributed by atoms with Crippen molar-refractivity contribution in [2.75, 3.05) is 7.11 Å². The van der Waals surface area contributed by atoms with E-state index in [0.717, 1.165) is 28.0 Å². The van der Waals surface area contributed by atoms with Gasteiger partial charge in [0.05, 0.1) is 7.11 Å². The molecule has 0 radical (unpaired) electrons. The van der Waals surface area contributed by atoms with Crippen molar-refractivity contribution in [1.29, 1.82) is 0 Å². The molecule has 18 heavy (non-hydrogen) atoms. The summed E-state index contributed by atoms with van der Waals surface area (Å²) in [6.07, 6.45) is 0. The van der Waals surface area contributed by atoms with E-state index in [9.17, 15) is 0 Å². The molecule has 0 fully saturated rings. The predicted molar refractivity (Wildman–Crippen MR) is 70.7 cm³/mol. The molecule has 0 saturated carbocycles. The van der Waals surface area contributed by atoms with Crippen LogP contribution in [0.2, 0.25) is 0 Å². The topological polar surface area (TPSA) is 35.3 Å². The molecule has 2 aromatic carbocycles. The van der Waals surface area contributed by atoms with Gasteiger partial charge in [0.1, 0.15) is 11.4 Å². The number of methoxy groups -OCH3 is 1. The van der Waals surface area contributed by atoms with Crippen LogP contribution in [0.5, 0.6) is 5.75 Å². The summed E-state index contributed by atoms with van der Waals surface area (Å²) < 4.78 is 10.5. The molecule has 0 aliphatic carbocycles. The van der Waals surface area contributed by atoms with Crippen molar-refractivity contribution in [2.45, 2.75) is 6.92 Å². The SMILES string of the molecule is COc1ccc2c(-c3ccc(C)cc3)noc2c1. The number of fused-ring (bicyclic) bond motifs is 1. The largest absolute Gasteiger partial charge is 0.497 e. The Morgan fingerprint density at radius 1 is 1.06 bits per heavy atom. The van der Waals surface area contributed by atoms with Crippen LogP contribution in [-0.2, 0) is 0 Å². The van der Waals surface area contributed by atoms with E-state index in [1.807, 2.05) is 18.2 Å². The first kappa shape index (κ1) is 10.8. The summed E-state index contributed by atoms with van der Waals surface area (Å²) in [6.45, 7) is 2.07. The lowest BCUT2D eigenvalue weighted by molar-refractivity contribution is 0.412. The summed E-state index contributed by atoms with van der Waals surface area (Å²) in [4.78, 5) is 0. The fourth-order valence-corrected chi connectivity index (χ4v) is 1.96. The van der Waals surface area contributed by atoms with Gasteiger partial charge in [-0.2, -0.15) is 0 Å². The summed E-state index contributed by atoms with van der Waals surface area (Å²) in [7, 11) is 1.64. The summed E-state index contributed by atoms with van der Waals surface area (Å²) in [5.74, 6) is 0.772. The number of ether oxygens (including phenoxy) is 1. The molecular weight excluding hydrogens is 226 g/mol. The van der Waals surface area contributed by atoms with E-state index >= 15 is 0 Å². The minimum absolute atomic E-state index is 0.741. The van der Waals surface area contributed by atoms with Crippen molar-refractivity contribution >= 4 is 11.0 Å². The highest BCUT2D eigenvalue weighted by molar-refractivity contribution is 5.92. The predicted octanol–water partition coefficient (Wildman–Crippen LogP) is 3.81. The van der Waals surface area contributed by atoms with Crippen molar-refractivity contribution in [2.24, 2.45) is 0 Å². The Morgan fingerprint density at radius 2 is 1.83 bits per heavy atom. The molecule has 1 heterocycles. The zero-order chi connectivity index (χ0) is 12.5. The maximum Gasteiger partial charge on any atom is 0.171 e. The molecule has 0 unspecified atom stereocenters. The summed E-state index contributed by atoms with van der Waals surface area (Å²) in [5, 5.41) is 5.14. The van der Waals surface area contributed by atoms with Gasteiger partial charge < -0.3 is 9.26 Å². The van der Waals surface area contributed by atoms with Gasteiger partial charge in [0.15, 0.2) is 5.58 Å². The van der Waals surface area contributed by atoms with Gasteiger partial charge in [0, 0.05) is 17.0 Å². The fraction of sp³-hybridized carbons (Fsp3) is 0.133. The van der Waals surface area contributed by atoms with E-state index in [1.54, 1.807) is 7.11 Å². The van der Waals surface area contributed by atoms with Crippen molar-refractivity contribution in [3.63, 3.8) is 0 Å². The number of benzene rings is 2. The Hall–Kier alpha value is -2.29. The highest BCUT2D eigenvalue weighted by atomic mass is 16.5. The summed E-state index contributed by atoms with van der Waals surface area (Å²) >= 11 is 0. The van der Waals surface area contributed by atoms with Crippen molar-refractivity contribution < 1.29 is 9.26 Å². The first-order chi connectivity index (χ1) is 8.78. The molecule has 0 amide bonds. The molecule has 3 nitrogen and oxygen atoms in total. The zero-order valence-corrected chi connectivity index (χ0v) is 10.3. The average molecular weight is 239 g/mol. The second kappa shape index (κ2) is 4.18. The van der Waals surface area contributed by atoms with E-state index in [-0.39, 0.29) is 0 Å². The van der Waals surface area contributed by atoms with Gasteiger partial charge in [-0.05, 0) is 19.1 Å². The van der Waals surface area contributed by atoms with Gasteiger partial charge >= 0.3 is 0 Å². The van der Waals surface area contributed by atoms with E-state index in [2.05, 4.69) is 36.3 Å². The van der Waals surface area contributed by atoms with Crippen LogP contribution in [0.15, 0.2) is 47.0 Å². The van der Waals surface area contributed by atoms with Gasteiger partial charge in [0.25, 0.3) is 0 Å². The average Bonchev–Trinajstić information content (AvgIpc) is 2.82. The molecule has 0 N–H and O–H groups in total. The van der Waals surface area contributed by atoms with Crippen LogP contribution < -0.4 is 4.74 Å². The van der Waals surface area contributed by atoms with Gasteiger partial charge in [0.2, 0.25) is 0 Å². The highest BCUT2D eigenvalue weighted by Gasteiger charge is 2.10. The van der Waals surface area contributed by atoms with Crippen LogP contribution in [0, 0.1) is 6.92 Å². The Morgan fingerprint density at radius 3 is 2.56 bits per heavy atom. The molecule has 0 saturated heterocycles. The van der Waals surface area contributed by atoms with E-state index in [1.165, 1.54) is 5.56 Å². The molecule has 0 aliphatic rings. The standard InChI is InChI=1S/C15H13NO2/c1-10-3-5-11(6-4-10)15-13-8-7-12(17-2)9-14(13)18-16-15/h3-9H,1-2H3. The van der Waals surface area contributed by atoms with Crippen LogP contribution in [0.1, 0.15) is 5.56 Å². The number of hydrogen-bond donors (Lipinski definition) is 0. The molecule has 1 aromatic heterocycles. The normalized spacial score (nSPS) is 10.8. The zero-order valence-electron chi connectivity index (χ0n) is 10.3. The Bertz CT molecular complexity index is 683. The first-order valence-corrected chi connectivity index (χ1v) is 5.78. The number of nitrogens with zero attached hydrogens (tertiary/aromatic N) is 1. The molecule has 0 aliphatic heterocycles. The second-order valence-corrected chi connectivity index (χ2v) is 4.26. The van der Waals surface area contributed by atoms with Crippen molar-refractivity contribution in [1.82, 2.24) is 5.16 Å². The highest BCUT2D eigenvalue weighted by Crippen LogP contribution is 2.30. The maximum absolute atomic E-state index is 5.35. The minimum Gasteiger partial charge on any atom is -0.497 e. The summed E-state index contributed by atoms with van der Waals surface area (Å²) in [5.41, 5.74) is 3.90. The molecule has 0 atom stereocenters. The summed E-state index contributed by atoms with van der Waals surface area (Å²) in [6, 6.07) is 14.0. The minimum atomic E-state index is 0.741. The number of rotatable bonds is 2. The monoisotopic (exact) mass is 239 g/mol. The third-order valence-electron chi connectivity index (χ3n) is 3.00. The van der Waals surface area contributed by atoms with Crippen LogP contribution in [0.3, 0.4) is 0 Å². The number of aromatic nitrogens is 1. The third kappa shape index (κ3) is 1.74. The number of hydrogen-bond acceptors (Lipinski definition) is 3. The second-order valence-electron chi connectivity index (χ2n) is 4.26. The van der Waals surface area contributed by atoms with Crippen LogP contribution in [0.4, 0.5) is 0 Å².